The minimum atomic E-state index is -0.811. The van der Waals surface area contributed by atoms with E-state index < -0.39 is 17.8 Å². The van der Waals surface area contributed by atoms with Crippen LogP contribution in [0.3, 0.4) is 0 Å². The van der Waals surface area contributed by atoms with Gasteiger partial charge in [0, 0.05) is 103 Å². The molecule has 308 valence electrons. The molecule has 2 aromatic carbocycles. The summed E-state index contributed by atoms with van der Waals surface area (Å²) >= 11 is 0. The van der Waals surface area contributed by atoms with Crippen LogP contribution in [0.25, 0.3) is 0 Å². The Morgan fingerprint density at radius 1 is 0.914 bits per heavy atom. The summed E-state index contributed by atoms with van der Waals surface area (Å²) in [6.45, 7) is 8.46. The molecule has 6 heterocycles. The van der Waals surface area contributed by atoms with Gasteiger partial charge in [-0.05, 0) is 61.6 Å². The Bertz CT molecular complexity index is 2070. The van der Waals surface area contributed by atoms with Gasteiger partial charge in [0.1, 0.15) is 11.6 Å². The van der Waals surface area contributed by atoms with Crippen LogP contribution in [0.5, 0.6) is 5.75 Å². The van der Waals surface area contributed by atoms with Crippen molar-refractivity contribution < 1.29 is 28.3 Å². The van der Waals surface area contributed by atoms with E-state index in [9.17, 15) is 19.2 Å². The lowest BCUT2D eigenvalue weighted by Crippen LogP contribution is -2.49. The number of urea groups is 2. The molecule has 8 rings (SSSR count). The van der Waals surface area contributed by atoms with E-state index in [0.717, 1.165) is 57.7 Å². The van der Waals surface area contributed by atoms with Gasteiger partial charge in [-0.15, -0.1) is 10.2 Å². The average Bonchev–Trinajstić information content (AvgIpc) is 3.83. The van der Waals surface area contributed by atoms with Crippen LogP contribution >= 0.6 is 0 Å². The second-order valence-corrected chi connectivity index (χ2v) is 15.6. The number of nitrogens with zero attached hydrogens (tertiary/aromatic N) is 10. The van der Waals surface area contributed by atoms with E-state index in [1.54, 1.807) is 36.1 Å². The molecular weight excluding hydrogens is 750 g/mol. The molecule has 5 aliphatic heterocycles. The molecular formula is C39H50FN13O5. The number of hydrogen-bond donors (Lipinski definition) is 3. The molecule has 2 atom stereocenters. The number of halogens is 1. The normalized spacial score (nSPS) is 21.9. The van der Waals surface area contributed by atoms with Crippen molar-refractivity contribution in [3.05, 3.63) is 47.9 Å². The summed E-state index contributed by atoms with van der Waals surface area (Å²) in [5.41, 5.74) is 8.01. The highest BCUT2D eigenvalue weighted by Crippen LogP contribution is 2.36. The van der Waals surface area contributed by atoms with Gasteiger partial charge in [0.15, 0.2) is 11.5 Å². The fourth-order valence-corrected chi connectivity index (χ4v) is 8.71. The van der Waals surface area contributed by atoms with Crippen LogP contribution in [-0.4, -0.2) is 152 Å². The molecule has 3 aromatic rings. The number of nitrogens with two attached hydrogens (primary N) is 1. The summed E-state index contributed by atoms with van der Waals surface area (Å²) in [6, 6.07) is 10.3. The number of likely N-dealkylation sites (N-methyl/N-ethyl adjacent to an activating group) is 1. The Kier molecular flexibility index (Phi) is 11.0. The first-order valence-electron chi connectivity index (χ1n) is 19.9. The zero-order valence-corrected chi connectivity index (χ0v) is 32.9. The van der Waals surface area contributed by atoms with Crippen molar-refractivity contribution in [3.8, 4) is 5.75 Å². The largest absolute Gasteiger partial charge is 0.495 e. The van der Waals surface area contributed by atoms with Gasteiger partial charge in [-0.3, -0.25) is 24.7 Å². The maximum Gasteiger partial charge on any atom is 0.328 e. The highest BCUT2D eigenvalue weighted by atomic mass is 19.1. The number of benzene rings is 2. The number of piperazine rings is 1. The molecule has 6 amide bonds. The van der Waals surface area contributed by atoms with Gasteiger partial charge >= 0.3 is 12.1 Å². The van der Waals surface area contributed by atoms with Crippen LogP contribution in [-0.2, 0) is 4.79 Å². The SMILES string of the molecule is COc1ccc(N2CCC(CN3CCN(c4ccc(Nc5nc(N6CCC[C@@H](N7CCN(C)C7=O)C6)nnc5C(N)=O)cc4F)CC3)C2)cc1N1CCC(=O)NC1=O. The first-order chi connectivity index (χ1) is 28.0. The van der Waals surface area contributed by atoms with E-state index in [2.05, 4.69) is 40.5 Å². The number of amides is 6. The highest BCUT2D eigenvalue weighted by molar-refractivity contribution is 6.06. The Balaban J connectivity index is 0.860. The summed E-state index contributed by atoms with van der Waals surface area (Å²) in [4.78, 5) is 67.8. The molecule has 5 saturated heterocycles. The van der Waals surface area contributed by atoms with E-state index in [1.807, 2.05) is 28.0 Å². The lowest BCUT2D eigenvalue weighted by Gasteiger charge is -2.37. The third-order valence-corrected chi connectivity index (χ3v) is 11.9. The van der Waals surface area contributed by atoms with Gasteiger partial charge in [0.05, 0.1) is 24.5 Å². The van der Waals surface area contributed by atoms with Crippen molar-refractivity contribution in [2.75, 3.05) is 118 Å². The predicted octanol–water partition coefficient (Wildman–Crippen LogP) is 2.29. The fourth-order valence-electron chi connectivity index (χ4n) is 8.71. The number of aromatic nitrogens is 3. The van der Waals surface area contributed by atoms with E-state index in [1.165, 1.54) is 6.07 Å². The van der Waals surface area contributed by atoms with Gasteiger partial charge in [0.25, 0.3) is 5.91 Å². The van der Waals surface area contributed by atoms with Crippen molar-refractivity contribution in [2.24, 2.45) is 11.7 Å². The van der Waals surface area contributed by atoms with Crippen molar-refractivity contribution in [1.82, 2.24) is 35.2 Å². The minimum absolute atomic E-state index is 0.00568. The van der Waals surface area contributed by atoms with Gasteiger partial charge in [-0.1, -0.05) is 0 Å². The summed E-state index contributed by atoms with van der Waals surface area (Å²) in [5, 5.41) is 13.7. The number of hydrogen-bond acceptors (Lipinski definition) is 13. The number of methoxy groups -OCH3 is 1. The molecule has 1 aromatic heterocycles. The van der Waals surface area contributed by atoms with E-state index in [4.69, 9.17) is 10.5 Å². The van der Waals surface area contributed by atoms with Crippen molar-refractivity contribution in [3.63, 3.8) is 0 Å². The zero-order valence-electron chi connectivity index (χ0n) is 32.9. The van der Waals surface area contributed by atoms with Crippen LogP contribution in [0.4, 0.5) is 48.5 Å². The molecule has 5 aliphatic rings. The number of ether oxygens (including phenoxy) is 1. The Morgan fingerprint density at radius 3 is 2.47 bits per heavy atom. The van der Waals surface area contributed by atoms with Gasteiger partial charge in [-0.2, -0.15) is 4.98 Å². The second-order valence-electron chi connectivity index (χ2n) is 15.6. The maximum atomic E-state index is 15.7. The summed E-state index contributed by atoms with van der Waals surface area (Å²) in [7, 11) is 3.37. The van der Waals surface area contributed by atoms with Gasteiger partial charge in [-0.25, -0.2) is 14.0 Å². The smallest absolute Gasteiger partial charge is 0.328 e. The monoisotopic (exact) mass is 799 g/mol. The Labute approximate surface area is 336 Å². The first-order valence-corrected chi connectivity index (χ1v) is 19.9. The van der Waals surface area contributed by atoms with E-state index in [0.29, 0.717) is 80.5 Å². The van der Waals surface area contributed by atoms with Crippen molar-refractivity contribution >= 4 is 58.4 Å². The molecule has 18 nitrogen and oxygen atoms in total. The molecule has 0 saturated carbocycles. The lowest BCUT2D eigenvalue weighted by molar-refractivity contribution is -0.120. The van der Waals surface area contributed by atoms with Crippen LogP contribution in [0, 0.1) is 11.7 Å². The highest BCUT2D eigenvalue weighted by Gasteiger charge is 2.35. The molecule has 0 radical (unpaired) electrons. The third kappa shape index (κ3) is 8.07. The van der Waals surface area contributed by atoms with Crippen LogP contribution < -0.4 is 40.7 Å². The van der Waals surface area contributed by atoms with E-state index in [-0.39, 0.29) is 35.9 Å². The van der Waals surface area contributed by atoms with Gasteiger partial charge in [0.2, 0.25) is 11.9 Å². The molecule has 19 heteroatoms. The number of carbonyl (C=O) groups is 4. The maximum absolute atomic E-state index is 15.7. The molecule has 5 fully saturated rings. The number of anilines is 6. The molecule has 0 bridgehead atoms. The summed E-state index contributed by atoms with van der Waals surface area (Å²) in [5.74, 6) is -0.0822. The Morgan fingerprint density at radius 2 is 1.74 bits per heavy atom. The predicted molar refractivity (Wildman–Crippen MR) is 215 cm³/mol. The fraction of sp³-hybridized carbons (Fsp3) is 0.513. The second kappa shape index (κ2) is 16.5. The molecule has 1 unspecified atom stereocenters. The summed E-state index contributed by atoms with van der Waals surface area (Å²) < 4.78 is 21.3. The molecule has 0 aliphatic carbocycles. The number of imide groups is 1. The first kappa shape index (κ1) is 38.9. The topological polar surface area (TPSA) is 189 Å². The molecule has 0 spiro atoms. The Hall–Kier alpha value is -5.98. The quantitative estimate of drug-likeness (QED) is 0.257. The van der Waals surface area contributed by atoms with Crippen LogP contribution in [0.15, 0.2) is 36.4 Å². The molecule has 58 heavy (non-hydrogen) atoms. The minimum Gasteiger partial charge on any atom is -0.495 e. The van der Waals surface area contributed by atoms with Gasteiger partial charge < -0.3 is 40.3 Å². The van der Waals surface area contributed by atoms with Crippen LogP contribution in [0.2, 0.25) is 0 Å². The standard InChI is InChI=1S/C39H50FN13O5/c1-47-14-19-52(39(47)57)28-4-3-11-51(24-28)37-44-36(34(35(41)55)45-46-37)42-26-5-7-30(29(40)20-26)49-17-15-48(16-18-49)22-25-9-12-50(23-25)27-6-8-32(58-2)31(21-27)53-13-10-33(54)43-38(53)56/h5-8,20-21,25,28H,3-4,9-19,22-24H2,1-2H3,(H2,41,55)(H,42,44,46)(H,43,54,56)/t25?,28-/m1/s1. The zero-order chi connectivity index (χ0) is 40.5. The third-order valence-electron chi connectivity index (χ3n) is 11.9. The number of primary amides is 1. The number of rotatable bonds is 11. The van der Waals surface area contributed by atoms with E-state index >= 15 is 4.39 Å². The lowest BCUT2D eigenvalue weighted by atomic mass is 10.0. The molecule has 4 N–H and O–H groups in total. The number of piperidine rings is 1. The van der Waals surface area contributed by atoms with Crippen LogP contribution in [0.1, 0.15) is 36.2 Å². The van der Waals surface area contributed by atoms with Crippen molar-refractivity contribution in [1.29, 1.82) is 0 Å². The number of nitrogens with one attached hydrogen (secondary N) is 2. The number of carbonyl (C=O) groups excluding carboxylic acids is 4. The summed E-state index contributed by atoms with van der Waals surface area (Å²) in [6.07, 6.45) is 2.97. The van der Waals surface area contributed by atoms with Crippen molar-refractivity contribution in [2.45, 2.75) is 31.7 Å². The average molecular weight is 800 g/mol.